The standard InChI is InChI=1S/C22H29N3/c1-23-15-18-7-9-19(10-8-18)16-25-13-11-22(12-14-25)17-24(2)21-6-4-3-5-20(21)22/h3-10,23H,11-17H2,1-2H3. The van der Waals surface area contributed by atoms with Gasteiger partial charge in [-0.05, 0) is 55.7 Å². The highest BCUT2D eigenvalue weighted by Gasteiger charge is 2.43. The first kappa shape index (κ1) is 16.6. The number of para-hydroxylation sites is 1. The molecule has 3 nitrogen and oxygen atoms in total. The number of likely N-dealkylation sites (N-methyl/N-ethyl adjacent to an activating group) is 1. The molecule has 0 unspecified atom stereocenters. The molecule has 0 radical (unpaired) electrons. The highest BCUT2D eigenvalue weighted by atomic mass is 15.2. The van der Waals surface area contributed by atoms with E-state index in [1.54, 1.807) is 5.56 Å². The van der Waals surface area contributed by atoms with E-state index in [2.05, 4.69) is 70.7 Å². The van der Waals surface area contributed by atoms with Gasteiger partial charge in [-0.15, -0.1) is 0 Å². The van der Waals surface area contributed by atoms with Crippen molar-refractivity contribution in [1.82, 2.24) is 10.2 Å². The Labute approximate surface area is 151 Å². The first-order valence-electron chi connectivity index (χ1n) is 9.46. The van der Waals surface area contributed by atoms with Crippen molar-refractivity contribution in [3.63, 3.8) is 0 Å². The van der Waals surface area contributed by atoms with Crippen molar-refractivity contribution in [3.8, 4) is 0 Å². The third kappa shape index (κ3) is 3.19. The molecule has 1 fully saturated rings. The molecule has 0 aromatic heterocycles. The van der Waals surface area contributed by atoms with Gasteiger partial charge in [-0.3, -0.25) is 4.90 Å². The summed E-state index contributed by atoms with van der Waals surface area (Å²) in [5.41, 5.74) is 6.18. The Kier molecular flexibility index (Phi) is 4.53. The molecule has 1 spiro atoms. The van der Waals surface area contributed by atoms with Crippen molar-refractivity contribution in [1.29, 1.82) is 0 Å². The van der Waals surface area contributed by atoms with Gasteiger partial charge >= 0.3 is 0 Å². The van der Waals surface area contributed by atoms with E-state index in [0.29, 0.717) is 5.41 Å². The third-order valence-corrected chi connectivity index (χ3v) is 6.05. The van der Waals surface area contributed by atoms with Crippen molar-refractivity contribution < 1.29 is 0 Å². The molecular weight excluding hydrogens is 306 g/mol. The number of fused-ring (bicyclic) bond motifs is 2. The fourth-order valence-corrected chi connectivity index (χ4v) is 4.67. The number of likely N-dealkylation sites (tertiary alicyclic amines) is 1. The Morgan fingerprint density at radius 3 is 2.36 bits per heavy atom. The maximum atomic E-state index is 3.21. The Morgan fingerprint density at radius 1 is 0.960 bits per heavy atom. The van der Waals surface area contributed by atoms with Crippen molar-refractivity contribution in [2.45, 2.75) is 31.3 Å². The summed E-state index contributed by atoms with van der Waals surface area (Å²) in [5.74, 6) is 0. The lowest BCUT2D eigenvalue weighted by atomic mass is 9.74. The molecule has 0 bridgehead atoms. The lowest BCUT2D eigenvalue weighted by Gasteiger charge is -2.40. The van der Waals surface area contributed by atoms with E-state index < -0.39 is 0 Å². The molecule has 0 amide bonds. The molecule has 2 aromatic carbocycles. The zero-order valence-corrected chi connectivity index (χ0v) is 15.5. The molecule has 132 valence electrons. The van der Waals surface area contributed by atoms with Crippen LogP contribution >= 0.6 is 0 Å². The Morgan fingerprint density at radius 2 is 1.64 bits per heavy atom. The second-order valence-electron chi connectivity index (χ2n) is 7.78. The van der Waals surface area contributed by atoms with E-state index in [9.17, 15) is 0 Å². The molecule has 25 heavy (non-hydrogen) atoms. The van der Waals surface area contributed by atoms with Gasteiger partial charge in [0, 0.05) is 37.8 Å². The van der Waals surface area contributed by atoms with Gasteiger partial charge in [0.1, 0.15) is 0 Å². The van der Waals surface area contributed by atoms with Gasteiger partial charge in [0.05, 0.1) is 0 Å². The van der Waals surface area contributed by atoms with Crippen LogP contribution in [0.4, 0.5) is 5.69 Å². The van der Waals surface area contributed by atoms with Crippen LogP contribution in [0.3, 0.4) is 0 Å². The lowest BCUT2D eigenvalue weighted by Crippen LogP contribution is -2.44. The van der Waals surface area contributed by atoms with Crippen LogP contribution in [0.25, 0.3) is 0 Å². The van der Waals surface area contributed by atoms with Gasteiger partial charge in [0.15, 0.2) is 0 Å². The predicted molar refractivity (Wildman–Crippen MR) is 105 cm³/mol. The number of anilines is 1. The molecule has 2 aliphatic heterocycles. The molecule has 0 aliphatic carbocycles. The average Bonchev–Trinajstić information content (AvgIpc) is 2.92. The van der Waals surface area contributed by atoms with Gasteiger partial charge < -0.3 is 10.2 Å². The van der Waals surface area contributed by atoms with Crippen LogP contribution in [0.5, 0.6) is 0 Å². The number of benzene rings is 2. The van der Waals surface area contributed by atoms with Crippen LogP contribution in [0.15, 0.2) is 48.5 Å². The van der Waals surface area contributed by atoms with Crippen LogP contribution < -0.4 is 10.2 Å². The van der Waals surface area contributed by atoms with Gasteiger partial charge in [-0.2, -0.15) is 0 Å². The molecule has 2 aliphatic rings. The molecular formula is C22H29N3. The van der Waals surface area contributed by atoms with Crippen molar-refractivity contribution >= 4 is 5.69 Å². The Bertz CT molecular complexity index is 714. The normalized spacial score (nSPS) is 19.4. The first-order valence-corrected chi connectivity index (χ1v) is 9.46. The lowest BCUT2D eigenvalue weighted by molar-refractivity contribution is 0.160. The van der Waals surface area contributed by atoms with Crippen LogP contribution in [0, 0.1) is 0 Å². The van der Waals surface area contributed by atoms with E-state index >= 15 is 0 Å². The second kappa shape index (κ2) is 6.81. The summed E-state index contributed by atoms with van der Waals surface area (Å²) in [6.07, 6.45) is 2.54. The number of piperidine rings is 1. The fourth-order valence-electron chi connectivity index (χ4n) is 4.67. The minimum Gasteiger partial charge on any atom is -0.373 e. The van der Waals surface area contributed by atoms with E-state index in [1.165, 1.54) is 49.3 Å². The summed E-state index contributed by atoms with van der Waals surface area (Å²) in [5, 5.41) is 3.21. The topological polar surface area (TPSA) is 18.5 Å². The maximum absolute atomic E-state index is 3.21. The van der Waals surface area contributed by atoms with Crippen LogP contribution in [-0.4, -0.2) is 38.6 Å². The summed E-state index contributed by atoms with van der Waals surface area (Å²) in [7, 11) is 4.24. The summed E-state index contributed by atoms with van der Waals surface area (Å²) in [4.78, 5) is 5.07. The second-order valence-corrected chi connectivity index (χ2v) is 7.78. The Hall–Kier alpha value is -1.84. The zero-order valence-electron chi connectivity index (χ0n) is 15.5. The van der Waals surface area contributed by atoms with Crippen LogP contribution in [-0.2, 0) is 18.5 Å². The van der Waals surface area contributed by atoms with Crippen LogP contribution in [0.1, 0.15) is 29.5 Å². The summed E-state index contributed by atoms with van der Waals surface area (Å²) < 4.78 is 0. The largest absolute Gasteiger partial charge is 0.373 e. The number of hydrogen-bond donors (Lipinski definition) is 1. The predicted octanol–water partition coefficient (Wildman–Crippen LogP) is 3.39. The third-order valence-electron chi connectivity index (χ3n) is 6.05. The first-order chi connectivity index (χ1) is 12.2. The van der Waals surface area contributed by atoms with Crippen LogP contribution in [0.2, 0.25) is 0 Å². The van der Waals surface area contributed by atoms with E-state index in [1.807, 2.05) is 7.05 Å². The monoisotopic (exact) mass is 335 g/mol. The number of hydrogen-bond acceptors (Lipinski definition) is 3. The van der Waals surface area contributed by atoms with Crippen molar-refractivity contribution in [3.05, 3.63) is 65.2 Å². The molecule has 1 N–H and O–H groups in total. The minimum atomic E-state index is 0.374. The summed E-state index contributed by atoms with van der Waals surface area (Å²) >= 11 is 0. The van der Waals surface area contributed by atoms with Gasteiger partial charge in [0.2, 0.25) is 0 Å². The molecule has 2 aromatic rings. The zero-order chi connectivity index (χ0) is 17.3. The summed E-state index contributed by atoms with van der Waals surface area (Å²) in [6.45, 7) is 5.59. The smallest absolute Gasteiger partial charge is 0.0402 e. The minimum absolute atomic E-state index is 0.374. The van der Waals surface area contributed by atoms with Crippen molar-refractivity contribution in [2.24, 2.45) is 0 Å². The van der Waals surface area contributed by atoms with E-state index in [-0.39, 0.29) is 0 Å². The molecule has 4 rings (SSSR count). The highest BCUT2D eigenvalue weighted by Crippen LogP contribution is 2.46. The number of nitrogens with one attached hydrogen (secondary N) is 1. The van der Waals surface area contributed by atoms with E-state index in [0.717, 1.165) is 13.1 Å². The quantitative estimate of drug-likeness (QED) is 0.924. The molecule has 0 atom stereocenters. The van der Waals surface area contributed by atoms with Crippen molar-refractivity contribution in [2.75, 3.05) is 38.6 Å². The van der Waals surface area contributed by atoms with Gasteiger partial charge in [-0.25, -0.2) is 0 Å². The fraction of sp³-hybridized carbons (Fsp3) is 0.455. The SMILES string of the molecule is CNCc1ccc(CN2CCC3(CC2)CN(C)c2ccccc23)cc1. The maximum Gasteiger partial charge on any atom is 0.0402 e. The highest BCUT2D eigenvalue weighted by molar-refractivity contribution is 5.62. The molecule has 2 heterocycles. The average molecular weight is 335 g/mol. The summed E-state index contributed by atoms with van der Waals surface area (Å²) in [6, 6.07) is 18.1. The van der Waals surface area contributed by atoms with E-state index in [4.69, 9.17) is 0 Å². The number of rotatable bonds is 4. The molecule has 3 heteroatoms. The van der Waals surface area contributed by atoms with Gasteiger partial charge in [-0.1, -0.05) is 42.5 Å². The number of nitrogens with zero attached hydrogens (tertiary/aromatic N) is 2. The van der Waals surface area contributed by atoms with Gasteiger partial charge in [0.25, 0.3) is 0 Å². The molecule has 1 saturated heterocycles. The molecule has 0 saturated carbocycles. The Balaban J connectivity index is 1.40.